The van der Waals surface area contributed by atoms with Crippen molar-refractivity contribution < 1.29 is 5.11 Å². The Balaban J connectivity index is 1.54. The Hall–Kier alpha value is -3.01. The van der Waals surface area contributed by atoms with Gasteiger partial charge in [-0.2, -0.15) is 0 Å². The molecule has 0 fully saturated rings. The predicted molar refractivity (Wildman–Crippen MR) is 99.2 cm³/mol. The standard InChI is InChI=1S/C20H19N3O/c1-13-6-7-19-16(10-13)17(20(24)23-19)12-21-9-8-14-11-22-18-5-3-2-4-15(14)18/h2-7,10-12,22-24H,8-9H2,1H3. The molecule has 2 aromatic heterocycles. The summed E-state index contributed by atoms with van der Waals surface area (Å²) < 4.78 is 0. The third-order valence-corrected chi connectivity index (χ3v) is 4.38. The van der Waals surface area contributed by atoms with Crippen LogP contribution in [0.15, 0.2) is 53.7 Å². The molecule has 2 heterocycles. The first-order chi connectivity index (χ1) is 11.7. The number of aliphatic imine (C=N–C) groups is 1. The highest BCUT2D eigenvalue weighted by molar-refractivity contribution is 6.02. The molecule has 0 aliphatic heterocycles. The fourth-order valence-electron chi connectivity index (χ4n) is 3.12. The summed E-state index contributed by atoms with van der Waals surface area (Å²) in [5.41, 5.74) is 5.27. The van der Waals surface area contributed by atoms with Gasteiger partial charge in [-0.15, -0.1) is 0 Å². The molecule has 0 spiro atoms. The number of aromatic hydroxyl groups is 1. The number of fused-ring (bicyclic) bond motifs is 2. The molecule has 0 bridgehead atoms. The van der Waals surface area contributed by atoms with Gasteiger partial charge in [-0.05, 0) is 37.1 Å². The van der Waals surface area contributed by atoms with Crippen LogP contribution >= 0.6 is 0 Å². The molecule has 0 saturated carbocycles. The zero-order valence-corrected chi connectivity index (χ0v) is 13.5. The Kier molecular flexibility index (Phi) is 3.58. The van der Waals surface area contributed by atoms with E-state index in [0.29, 0.717) is 6.54 Å². The lowest BCUT2D eigenvalue weighted by molar-refractivity contribution is 0.457. The van der Waals surface area contributed by atoms with Crippen molar-refractivity contribution in [2.75, 3.05) is 6.54 Å². The Bertz CT molecular complexity index is 1040. The topological polar surface area (TPSA) is 64.2 Å². The van der Waals surface area contributed by atoms with Crippen molar-refractivity contribution in [2.24, 2.45) is 4.99 Å². The summed E-state index contributed by atoms with van der Waals surface area (Å²) in [5.74, 6) is 0.173. The summed E-state index contributed by atoms with van der Waals surface area (Å²) in [6.07, 6.45) is 4.68. The molecule has 4 rings (SSSR count). The van der Waals surface area contributed by atoms with Crippen LogP contribution in [0, 0.1) is 6.92 Å². The molecule has 4 nitrogen and oxygen atoms in total. The molecule has 0 saturated heterocycles. The van der Waals surface area contributed by atoms with E-state index in [1.807, 2.05) is 31.3 Å². The molecular formula is C20H19N3O. The number of aryl methyl sites for hydroxylation is 1. The van der Waals surface area contributed by atoms with Crippen molar-refractivity contribution in [3.63, 3.8) is 0 Å². The third-order valence-electron chi connectivity index (χ3n) is 4.38. The zero-order valence-electron chi connectivity index (χ0n) is 13.5. The molecular weight excluding hydrogens is 298 g/mol. The quantitative estimate of drug-likeness (QED) is 0.482. The van der Waals surface area contributed by atoms with Gasteiger partial charge in [0.15, 0.2) is 5.88 Å². The van der Waals surface area contributed by atoms with Crippen LogP contribution in [0.4, 0.5) is 0 Å². The second-order valence-corrected chi connectivity index (χ2v) is 6.08. The van der Waals surface area contributed by atoms with Crippen LogP contribution in [0.1, 0.15) is 16.7 Å². The van der Waals surface area contributed by atoms with E-state index in [0.717, 1.165) is 34.0 Å². The van der Waals surface area contributed by atoms with Crippen molar-refractivity contribution in [3.05, 3.63) is 65.4 Å². The summed E-state index contributed by atoms with van der Waals surface area (Å²) in [7, 11) is 0. The molecule has 0 aliphatic carbocycles. The fraction of sp³-hybridized carbons (Fsp3) is 0.150. The first kappa shape index (κ1) is 14.6. The maximum Gasteiger partial charge on any atom is 0.198 e. The van der Waals surface area contributed by atoms with Crippen LogP contribution < -0.4 is 0 Å². The Morgan fingerprint density at radius 3 is 2.88 bits per heavy atom. The molecule has 0 unspecified atom stereocenters. The van der Waals surface area contributed by atoms with Crippen LogP contribution in [0.5, 0.6) is 5.88 Å². The van der Waals surface area contributed by atoms with Crippen LogP contribution in [0.25, 0.3) is 21.8 Å². The highest BCUT2D eigenvalue weighted by Crippen LogP contribution is 2.26. The van der Waals surface area contributed by atoms with E-state index in [9.17, 15) is 5.11 Å². The summed E-state index contributed by atoms with van der Waals surface area (Å²) >= 11 is 0. The van der Waals surface area contributed by atoms with E-state index < -0.39 is 0 Å². The third kappa shape index (κ3) is 2.56. The summed E-state index contributed by atoms with van der Waals surface area (Å²) in [6, 6.07) is 14.3. The van der Waals surface area contributed by atoms with E-state index in [1.165, 1.54) is 10.9 Å². The van der Waals surface area contributed by atoms with Gasteiger partial charge in [0.05, 0.1) is 5.56 Å². The number of nitrogens with one attached hydrogen (secondary N) is 2. The van der Waals surface area contributed by atoms with Gasteiger partial charge < -0.3 is 15.1 Å². The highest BCUT2D eigenvalue weighted by atomic mass is 16.3. The van der Waals surface area contributed by atoms with Crippen molar-refractivity contribution in [1.82, 2.24) is 9.97 Å². The maximum atomic E-state index is 10.1. The van der Waals surface area contributed by atoms with Crippen LogP contribution in [0.2, 0.25) is 0 Å². The van der Waals surface area contributed by atoms with E-state index in [1.54, 1.807) is 6.21 Å². The Morgan fingerprint density at radius 1 is 1.08 bits per heavy atom. The minimum absolute atomic E-state index is 0.173. The number of benzene rings is 2. The largest absolute Gasteiger partial charge is 0.494 e. The number of para-hydroxylation sites is 1. The number of nitrogens with zero attached hydrogens (tertiary/aromatic N) is 1. The van der Waals surface area contributed by atoms with E-state index in [4.69, 9.17) is 0 Å². The second-order valence-electron chi connectivity index (χ2n) is 6.08. The molecule has 0 amide bonds. The van der Waals surface area contributed by atoms with Gasteiger partial charge in [-0.25, -0.2) is 0 Å². The van der Waals surface area contributed by atoms with Crippen LogP contribution in [-0.2, 0) is 6.42 Å². The Morgan fingerprint density at radius 2 is 1.96 bits per heavy atom. The number of hydrogen-bond acceptors (Lipinski definition) is 2. The molecule has 4 aromatic rings. The minimum atomic E-state index is 0.173. The van der Waals surface area contributed by atoms with E-state index >= 15 is 0 Å². The molecule has 3 N–H and O–H groups in total. The van der Waals surface area contributed by atoms with Crippen molar-refractivity contribution >= 4 is 28.0 Å². The summed E-state index contributed by atoms with van der Waals surface area (Å²) in [5, 5.41) is 12.3. The number of rotatable bonds is 4. The average molecular weight is 317 g/mol. The molecule has 24 heavy (non-hydrogen) atoms. The second kappa shape index (κ2) is 5.89. The first-order valence-corrected chi connectivity index (χ1v) is 8.08. The normalized spacial score (nSPS) is 11.9. The summed E-state index contributed by atoms with van der Waals surface area (Å²) in [4.78, 5) is 10.8. The molecule has 120 valence electrons. The van der Waals surface area contributed by atoms with Gasteiger partial charge in [0, 0.05) is 40.8 Å². The number of aromatic nitrogens is 2. The summed E-state index contributed by atoms with van der Waals surface area (Å²) in [6.45, 7) is 2.72. The SMILES string of the molecule is Cc1ccc2[nH]c(O)c(C=NCCc3c[nH]c4ccccc34)c2c1. The lowest BCUT2D eigenvalue weighted by Crippen LogP contribution is -1.90. The van der Waals surface area contributed by atoms with Crippen molar-refractivity contribution in [3.8, 4) is 5.88 Å². The number of H-pyrrole nitrogens is 2. The van der Waals surface area contributed by atoms with Gasteiger partial charge in [-0.3, -0.25) is 4.99 Å². The molecule has 0 radical (unpaired) electrons. The van der Waals surface area contributed by atoms with E-state index in [-0.39, 0.29) is 5.88 Å². The smallest absolute Gasteiger partial charge is 0.198 e. The average Bonchev–Trinajstić information content (AvgIpc) is 3.13. The fourth-order valence-corrected chi connectivity index (χ4v) is 3.12. The number of aromatic amines is 2. The maximum absolute atomic E-state index is 10.1. The van der Waals surface area contributed by atoms with Crippen LogP contribution in [0.3, 0.4) is 0 Å². The van der Waals surface area contributed by atoms with Gasteiger partial charge in [0.2, 0.25) is 0 Å². The van der Waals surface area contributed by atoms with Gasteiger partial charge in [0.25, 0.3) is 0 Å². The van der Waals surface area contributed by atoms with E-state index in [2.05, 4.69) is 39.2 Å². The molecule has 2 aromatic carbocycles. The van der Waals surface area contributed by atoms with Crippen molar-refractivity contribution in [1.29, 1.82) is 0 Å². The molecule has 0 atom stereocenters. The monoisotopic (exact) mass is 317 g/mol. The molecule has 4 heteroatoms. The highest BCUT2D eigenvalue weighted by Gasteiger charge is 2.08. The predicted octanol–water partition coefficient (Wildman–Crippen LogP) is 4.32. The van der Waals surface area contributed by atoms with Gasteiger partial charge in [0.1, 0.15) is 0 Å². The number of hydrogen-bond donors (Lipinski definition) is 3. The van der Waals surface area contributed by atoms with Gasteiger partial charge >= 0.3 is 0 Å². The minimum Gasteiger partial charge on any atom is -0.494 e. The van der Waals surface area contributed by atoms with Crippen molar-refractivity contribution in [2.45, 2.75) is 13.3 Å². The lowest BCUT2D eigenvalue weighted by Gasteiger charge is -1.97. The van der Waals surface area contributed by atoms with Gasteiger partial charge in [-0.1, -0.05) is 29.8 Å². The first-order valence-electron chi connectivity index (χ1n) is 8.08. The lowest BCUT2D eigenvalue weighted by atomic mass is 10.1. The Labute approximate surface area is 139 Å². The zero-order chi connectivity index (χ0) is 16.5. The molecule has 0 aliphatic rings. The van der Waals surface area contributed by atoms with Crippen LogP contribution in [-0.4, -0.2) is 27.8 Å².